The van der Waals surface area contributed by atoms with Gasteiger partial charge in [0.25, 0.3) is 0 Å². The highest BCUT2D eigenvalue weighted by molar-refractivity contribution is 6.30. The summed E-state index contributed by atoms with van der Waals surface area (Å²) in [6.45, 7) is 4.12. The lowest BCUT2D eigenvalue weighted by atomic mass is 10.1. The van der Waals surface area contributed by atoms with E-state index in [0.29, 0.717) is 6.04 Å². The first-order chi connectivity index (χ1) is 10.2. The fourth-order valence-corrected chi connectivity index (χ4v) is 2.67. The third-order valence-corrected chi connectivity index (χ3v) is 3.90. The second-order valence-electron chi connectivity index (χ2n) is 5.39. The van der Waals surface area contributed by atoms with Crippen LogP contribution in [0.3, 0.4) is 0 Å². The first-order valence-electron chi connectivity index (χ1n) is 7.29. The molecular formula is C16H19ClN4. The molecule has 1 fully saturated rings. The highest BCUT2D eigenvalue weighted by atomic mass is 35.5. The standard InChI is InChI=1S/C16H19ClN4/c1-11-10-15(20-14-6-8-18-9-7-14)21-16(19-11)12-2-4-13(17)5-3-12/h2-5,10,14,18H,6-9H2,1H3,(H,19,20,21). The summed E-state index contributed by atoms with van der Waals surface area (Å²) in [5.41, 5.74) is 1.95. The molecule has 1 aromatic carbocycles. The minimum Gasteiger partial charge on any atom is -0.367 e. The maximum atomic E-state index is 5.93. The molecule has 0 unspecified atom stereocenters. The van der Waals surface area contributed by atoms with Crippen molar-refractivity contribution in [2.45, 2.75) is 25.8 Å². The van der Waals surface area contributed by atoms with Gasteiger partial charge < -0.3 is 10.6 Å². The lowest BCUT2D eigenvalue weighted by Gasteiger charge is -2.24. The zero-order valence-corrected chi connectivity index (χ0v) is 12.8. The molecule has 0 saturated carbocycles. The van der Waals surface area contributed by atoms with Crippen molar-refractivity contribution in [2.24, 2.45) is 0 Å². The predicted octanol–water partition coefficient (Wildman–Crippen LogP) is 3.27. The van der Waals surface area contributed by atoms with Crippen LogP contribution < -0.4 is 10.6 Å². The van der Waals surface area contributed by atoms with Crippen molar-refractivity contribution >= 4 is 17.4 Å². The molecule has 1 aliphatic heterocycles. The Morgan fingerprint density at radius 1 is 1.14 bits per heavy atom. The SMILES string of the molecule is Cc1cc(NC2CCNCC2)nc(-c2ccc(Cl)cc2)n1. The summed E-state index contributed by atoms with van der Waals surface area (Å²) in [6.07, 6.45) is 2.25. The van der Waals surface area contributed by atoms with Crippen molar-refractivity contribution < 1.29 is 0 Å². The monoisotopic (exact) mass is 302 g/mol. The number of anilines is 1. The molecule has 0 amide bonds. The third-order valence-electron chi connectivity index (χ3n) is 3.65. The van der Waals surface area contributed by atoms with Gasteiger partial charge in [-0.15, -0.1) is 0 Å². The second kappa shape index (κ2) is 6.41. The van der Waals surface area contributed by atoms with E-state index in [0.717, 1.165) is 53.9 Å². The molecular weight excluding hydrogens is 284 g/mol. The zero-order chi connectivity index (χ0) is 14.7. The largest absolute Gasteiger partial charge is 0.367 e. The van der Waals surface area contributed by atoms with E-state index in [4.69, 9.17) is 11.6 Å². The summed E-state index contributed by atoms with van der Waals surface area (Å²) in [6, 6.07) is 10.1. The van der Waals surface area contributed by atoms with E-state index in [1.165, 1.54) is 0 Å². The summed E-state index contributed by atoms with van der Waals surface area (Å²) < 4.78 is 0. The average molecular weight is 303 g/mol. The van der Waals surface area contributed by atoms with Gasteiger partial charge in [-0.1, -0.05) is 11.6 Å². The Bertz CT molecular complexity index is 606. The smallest absolute Gasteiger partial charge is 0.161 e. The van der Waals surface area contributed by atoms with Crippen LogP contribution in [-0.2, 0) is 0 Å². The van der Waals surface area contributed by atoms with Crippen molar-refractivity contribution in [2.75, 3.05) is 18.4 Å². The molecule has 1 aliphatic rings. The van der Waals surface area contributed by atoms with E-state index >= 15 is 0 Å². The van der Waals surface area contributed by atoms with Gasteiger partial charge in [0.1, 0.15) is 5.82 Å². The Kier molecular flexibility index (Phi) is 4.36. The first-order valence-corrected chi connectivity index (χ1v) is 7.67. The molecule has 2 N–H and O–H groups in total. The number of hydrogen-bond donors (Lipinski definition) is 2. The number of benzene rings is 1. The predicted molar refractivity (Wildman–Crippen MR) is 86.7 cm³/mol. The second-order valence-corrected chi connectivity index (χ2v) is 5.83. The van der Waals surface area contributed by atoms with Crippen molar-refractivity contribution in [3.8, 4) is 11.4 Å². The molecule has 4 nitrogen and oxygen atoms in total. The normalized spacial score (nSPS) is 15.9. The van der Waals surface area contributed by atoms with Gasteiger partial charge in [-0.05, 0) is 57.1 Å². The van der Waals surface area contributed by atoms with Gasteiger partial charge in [0.05, 0.1) is 0 Å². The van der Waals surface area contributed by atoms with Crippen LogP contribution in [0, 0.1) is 6.92 Å². The Balaban J connectivity index is 1.83. The van der Waals surface area contributed by atoms with Crippen molar-refractivity contribution in [3.05, 3.63) is 41.0 Å². The van der Waals surface area contributed by atoms with E-state index in [9.17, 15) is 0 Å². The Morgan fingerprint density at radius 2 is 1.86 bits per heavy atom. The van der Waals surface area contributed by atoms with Crippen LogP contribution in [0.1, 0.15) is 18.5 Å². The van der Waals surface area contributed by atoms with Crippen LogP contribution >= 0.6 is 11.6 Å². The van der Waals surface area contributed by atoms with Crippen LogP contribution in [0.15, 0.2) is 30.3 Å². The van der Waals surface area contributed by atoms with E-state index in [-0.39, 0.29) is 0 Å². The number of aromatic nitrogens is 2. The molecule has 2 heterocycles. The van der Waals surface area contributed by atoms with Crippen LogP contribution in [0.25, 0.3) is 11.4 Å². The summed E-state index contributed by atoms with van der Waals surface area (Å²) >= 11 is 5.93. The number of rotatable bonds is 3. The third kappa shape index (κ3) is 3.71. The number of nitrogens with one attached hydrogen (secondary N) is 2. The van der Waals surface area contributed by atoms with Crippen LogP contribution in [-0.4, -0.2) is 29.1 Å². The lowest BCUT2D eigenvalue weighted by molar-refractivity contribution is 0.478. The van der Waals surface area contributed by atoms with Crippen molar-refractivity contribution in [1.29, 1.82) is 0 Å². The summed E-state index contributed by atoms with van der Waals surface area (Å²) in [5, 5.41) is 7.62. The number of halogens is 1. The molecule has 0 aliphatic carbocycles. The minimum atomic E-state index is 0.485. The number of piperidine rings is 1. The molecule has 1 saturated heterocycles. The molecule has 0 bridgehead atoms. The summed E-state index contributed by atoms with van der Waals surface area (Å²) in [7, 11) is 0. The maximum Gasteiger partial charge on any atom is 0.161 e. The van der Waals surface area contributed by atoms with Gasteiger partial charge >= 0.3 is 0 Å². The summed E-state index contributed by atoms with van der Waals surface area (Å²) in [5.74, 6) is 1.64. The lowest BCUT2D eigenvalue weighted by Crippen LogP contribution is -2.35. The molecule has 5 heteroatoms. The van der Waals surface area contributed by atoms with Gasteiger partial charge in [-0.3, -0.25) is 0 Å². The molecule has 21 heavy (non-hydrogen) atoms. The van der Waals surface area contributed by atoms with Crippen molar-refractivity contribution in [1.82, 2.24) is 15.3 Å². The van der Waals surface area contributed by atoms with E-state index in [1.807, 2.05) is 37.3 Å². The quantitative estimate of drug-likeness (QED) is 0.913. The van der Waals surface area contributed by atoms with Crippen LogP contribution in [0.5, 0.6) is 0 Å². The number of aryl methyl sites for hydroxylation is 1. The van der Waals surface area contributed by atoms with Gasteiger partial charge in [0, 0.05) is 28.4 Å². The molecule has 0 spiro atoms. The summed E-state index contributed by atoms with van der Waals surface area (Å²) in [4.78, 5) is 9.16. The molecule has 110 valence electrons. The van der Waals surface area contributed by atoms with E-state index in [1.54, 1.807) is 0 Å². The van der Waals surface area contributed by atoms with Crippen LogP contribution in [0.2, 0.25) is 5.02 Å². The Morgan fingerprint density at radius 3 is 2.57 bits per heavy atom. The van der Waals surface area contributed by atoms with Crippen LogP contribution in [0.4, 0.5) is 5.82 Å². The van der Waals surface area contributed by atoms with E-state index < -0.39 is 0 Å². The Labute approximate surface area is 130 Å². The molecule has 1 aromatic heterocycles. The van der Waals surface area contributed by atoms with Gasteiger partial charge in [0.15, 0.2) is 5.82 Å². The number of hydrogen-bond acceptors (Lipinski definition) is 4. The molecule has 0 atom stereocenters. The van der Waals surface area contributed by atoms with Gasteiger partial charge in [0.2, 0.25) is 0 Å². The van der Waals surface area contributed by atoms with Gasteiger partial charge in [-0.25, -0.2) is 9.97 Å². The minimum absolute atomic E-state index is 0.485. The fraction of sp³-hybridized carbons (Fsp3) is 0.375. The first kappa shape index (κ1) is 14.3. The van der Waals surface area contributed by atoms with Crippen molar-refractivity contribution in [3.63, 3.8) is 0 Å². The highest BCUT2D eigenvalue weighted by Gasteiger charge is 2.14. The average Bonchev–Trinajstić information content (AvgIpc) is 2.48. The Hall–Kier alpha value is -1.65. The topological polar surface area (TPSA) is 49.8 Å². The molecule has 3 rings (SSSR count). The number of nitrogens with zero attached hydrogens (tertiary/aromatic N) is 2. The molecule has 2 aromatic rings. The highest BCUT2D eigenvalue weighted by Crippen LogP contribution is 2.21. The zero-order valence-electron chi connectivity index (χ0n) is 12.1. The fourth-order valence-electron chi connectivity index (χ4n) is 2.55. The molecule has 0 radical (unpaired) electrons. The maximum absolute atomic E-state index is 5.93. The van der Waals surface area contributed by atoms with E-state index in [2.05, 4.69) is 20.6 Å². The van der Waals surface area contributed by atoms with Gasteiger partial charge in [-0.2, -0.15) is 0 Å².